The molecule has 0 N–H and O–H groups in total. The average molecular weight is 310 g/mol. The van der Waals surface area contributed by atoms with Crippen LogP contribution in [0.15, 0.2) is 35.4 Å². The highest BCUT2D eigenvalue weighted by atomic mass is 16.2. The summed E-state index contributed by atoms with van der Waals surface area (Å²) in [5, 5.41) is 5.85. The smallest absolute Gasteiger partial charge is 0.255 e. The first-order valence-electron chi connectivity index (χ1n) is 8.47. The van der Waals surface area contributed by atoms with Crippen molar-refractivity contribution in [3.05, 3.63) is 35.9 Å². The van der Waals surface area contributed by atoms with Gasteiger partial charge in [0.05, 0.1) is 11.1 Å². The lowest BCUT2D eigenvalue weighted by Crippen LogP contribution is -2.56. The number of Topliss-reactive ketones (excluding diaryl/α,β-unsaturated/α-hetero) is 1. The van der Waals surface area contributed by atoms with Crippen molar-refractivity contribution in [3.63, 3.8) is 0 Å². The van der Waals surface area contributed by atoms with Crippen LogP contribution in [0.1, 0.15) is 43.5 Å². The minimum atomic E-state index is -0.501. The maximum atomic E-state index is 13.0. The van der Waals surface area contributed by atoms with Crippen LogP contribution in [0.3, 0.4) is 0 Å². The second-order valence-electron chi connectivity index (χ2n) is 7.38. The molecule has 2 fully saturated rings. The zero-order valence-corrected chi connectivity index (χ0v) is 13.7. The summed E-state index contributed by atoms with van der Waals surface area (Å²) in [6.45, 7) is 4.01. The van der Waals surface area contributed by atoms with E-state index in [2.05, 4.69) is 5.10 Å². The standard InChI is InChI=1S/C19H22N2O2/c1-12-19(2,16-10-14-8-9-15(14)16)18(23)21(20-12)11-17(22)13-6-4-3-5-7-13/h3-7,14-16H,8-11H2,1-2H3/t14-,15?,16+,19?/m1/s1. The van der Waals surface area contributed by atoms with Gasteiger partial charge in [-0.05, 0) is 50.9 Å². The van der Waals surface area contributed by atoms with E-state index in [1.807, 2.05) is 32.0 Å². The van der Waals surface area contributed by atoms with Gasteiger partial charge in [0.2, 0.25) is 0 Å². The molecule has 1 heterocycles. The zero-order valence-electron chi connectivity index (χ0n) is 13.7. The van der Waals surface area contributed by atoms with Gasteiger partial charge in [-0.25, -0.2) is 5.01 Å². The minimum absolute atomic E-state index is 0.00892. The highest BCUT2D eigenvalue weighted by molar-refractivity contribution is 6.12. The molecule has 120 valence electrons. The summed E-state index contributed by atoms with van der Waals surface area (Å²) in [5.74, 6) is 1.88. The lowest BCUT2D eigenvalue weighted by Gasteiger charge is -2.58. The largest absolute Gasteiger partial charge is 0.292 e. The Labute approximate surface area is 136 Å². The first kappa shape index (κ1) is 14.6. The number of fused-ring (bicyclic) bond motifs is 1. The first-order valence-corrected chi connectivity index (χ1v) is 8.47. The van der Waals surface area contributed by atoms with E-state index in [4.69, 9.17) is 0 Å². The highest BCUT2D eigenvalue weighted by Gasteiger charge is 2.61. The number of hydrogen-bond donors (Lipinski definition) is 0. The van der Waals surface area contributed by atoms with Gasteiger partial charge in [-0.15, -0.1) is 0 Å². The molecule has 4 rings (SSSR count). The predicted octanol–water partition coefficient (Wildman–Crippen LogP) is 3.14. The van der Waals surface area contributed by atoms with Gasteiger partial charge in [-0.2, -0.15) is 5.10 Å². The molecule has 3 aliphatic rings. The molecule has 4 atom stereocenters. The molecule has 4 nitrogen and oxygen atoms in total. The van der Waals surface area contributed by atoms with Crippen molar-refractivity contribution in [2.75, 3.05) is 6.54 Å². The second-order valence-corrected chi connectivity index (χ2v) is 7.38. The normalized spacial score (nSPS) is 35.2. The minimum Gasteiger partial charge on any atom is -0.292 e. The van der Waals surface area contributed by atoms with Gasteiger partial charge in [0.1, 0.15) is 6.54 Å². The third kappa shape index (κ3) is 2.00. The Morgan fingerprint density at radius 2 is 2.04 bits per heavy atom. The molecule has 23 heavy (non-hydrogen) atoms. The lowest BCUT2D eigenvalue weighted by atomic mass is 9.46. The topological polar surface area (TPSA) is 49.7 Å². The molecule has 0 spiro atoms. The predicted molar refractivity (Wildman–Crippen MR) is 88.0 cm³/mol. The summed E-state index contributed by atoms with van der Waals surface area (Å²) < 4.78 is 0. The number of carbonyl (C=O) groups excluding carboxylic acids is 2. The van der Waals surface area contributed by atoms with Crippen LogP contribution in [0.2, 0.25) is 0 Å². The van der Waals surface area contributed by atoms with Crippen LogP contribution in [0.4, 0.5) is 0 Å². The zero-order chi connectivity index (χ0) is 16.2. The number of hydrazone groups is 1. The van der Waals surface area contributed by atoms with E-state index < -0.39 is 5.41 Å². The average Bonchev–Trinajstić information content (AvgIpc) is 2.75. The van der Waals surface area contributed by atoms with E-state index >= 15 is 0 Å². The monoisotopic (exact) mass is 310 g/mol. The van der Waals surface area contributed by atoms with E-state index in [1.54, 1.807) is 12.1 Å². The second kappa shape index (κ2) is 5.02. The van der Waals surface area contributed by atoms with Gasteiger partial charge in [0.25, 0.3) is 5.91 Å². The van der Waals surface area contributed by atoms with Crippen molar-refractivity contribution in [3.8, 4) is 0 Å². The summed E-state index contributed by atoms with van der Waals surface area (Å²) in [5.41, 5.74) is 1.00. The van der Waals surface area contributed by atoms with Gasteiger partial charge in [-0.3, -0.25) is 9.59 Å². The molecule has 1 amide bonds. The van der Waals surface area contributed by atoms with Crippen molar-refractivity contribution >= 4 is 17.4 Å². The Hall–Kier alpha value is -1.97. The Bertz CT molecular complexity index is 697. The van der Waals surface area contributed by atoms with Gasteiger partial charge in [0.15, 0.2) is 5.78 Å². The Morgan fingerprint density at radius 1 is 1.30 bits per heavy atom. The molecular weight excluding hydrogens is 288 g/mol. The van der Waals surface area contributed by atoms with Crippen LogP contribution in [-0.4, -0.2) is 29.0 Å². The van der Waals surface area contributed by atoms with Crippen molar-refractivity contribution in [2.24, 2.45) is 28.3 Å². The Balaban J connectivity index is 1.51. The summed E-state index contributed by atoms with van der Waals surface area (Å²) in [6.07, 6.45) is 3.70. The Morgan fingerprint density at radius 3 is 2.61 bits per heavy atom. The van der Waals surface area contributed by atoms with Crippen molar-refractivity contribution in [1.82, 2.24) is 5.01 Å². The van der Waals surface area contributed by atoms with Crippen LogP contribution in [0, 0.1) is 23.2 Å². The molecule has 2 unspecified atom stereocenters. The molecule has 0 radical (unpaired) electrons. The SMILES string of the molecule is CC1=NN(CC(=O)c2ccccc2)C(=O)C1(C)[C@H]1C[C@H]2CCC21. The first-order chi connectivity index (χ1) is 11.0. The third-order valence-electron chi connectivity index (χ3n) is 6.38. The van der Waals surface area contributed by atoms with Crippen molar-refractivity contribution < 1.29 is 9.59 Å². The van der Waals surface area contributed by atoms with Crippen LogP contribution in [-0.2, 0) is 4.79 Å². The maximum absolute atomic E-state index is 13.0. The van der Waals surface area contributed by atoms with Crippen LogP contribution in [0.25, 0.3) is 0 Å². The van der Waals surface area contributed by atoms with E-state index in [-0.39, 0.29) is 18.2 Å². The summed E-state index contributed by atoms with van der Waals surface area (Å²) in [4.78, 5) is 25.4. The molecule has 0 saturated heterocycles. The van der Waals surface area contributed by atoms with Gasteiger partial charge < -0.3 is 0 Å². The van der Waals surface area contributed by atoms with Gasteiger partial charge in [0, 0.05) is 5.56 Å². The fourth-order valence-electron chi connectivity index (χ4n) is 4.52. The van der Waals surface area contributed by atoms with Crippen LogP contribution in [0.5, 0.6) is 0 Å². The maximum Gasteiger partial charge on any atom is 0.255 e. The molecule has 1 aliphatic heterocycles. The molecule has 2 aliphatic carbocycles. The van der Waals surface area contributed by atoms with Gasteiger partial charge in [-0.1, -0.05) is 30.3 Å². The summed E-state index contributed by atoms with van der Waals surface area (Å²) in [6, 6.07) is 9.11. The number of rotatable bonds is 4. The van der Waals surface area contributed by atoms with Crippen molar-refractivity contribution in [2.45, 2.75) is 33.1 Å². The molecule has 4 heteroatoms. The molecule has 0 aromatic heterocycles. The molecule has 1 aromatic rings. The number of nitrogens with zero attached hydrogens (tertiary/aromatic N) is 2. The number of carbonyl (C=O) groups is 2. The van der Waals surface area contributed by atoms with E-state index in [1.165, 1.54) is 17.9 Å². The summed E-state index contributed by atoms with van der Waals surface area (Å²) >= 11 is 0. The highest BCUT2D eigenvalue weighted by Crippen LogP contribution is 2.61. The molecule has 0 bridgehead atoms. The van der Waals surface area contributed by atoms with Crippen LogP contribution >= 0.6 is 0 Å². The van der Waals surface area contributed by atoms with E-state index in [0.29, 0.717) is 17.4 Å². The molecule has 2 saturated carbocycles. The Kier molecular flexibility index (Phi) is 3.19. The summed E-state index contributed by atoms with van der Waals surface area (Å²) in [7, 11) is 0. The van der Waals surface area contributed by atoms with E-state index in [0.717, 1.165) is 18.1 Å². The lowest BCUT2D eigenvalue weighted by molar-refractivity contribution is -0.147. The van der Waals surface area contributed by atoms with E-state index in [9.17, 15) is 9.59 Å². The number of benzene rings is 1. The number of amides is 1. The third-order valence-corrected chi connectivity index (χ3v) is 6.38. The van der Waals surface area contributed by atoms with Crippen LogP contribution < -0.4 is 0 Å². The van der Waals surface area contributed by atoms with Gasteiger partial charge >= 0.3 is 0 Å². The quantitative estimate of drug-likeness (QED) is 0.802. The number of ketones is 1. The fourth-order valence-corrected chi connectivity index (χ4v) is 4.52. The molecular formula is C19H22N2O2. The fraction of sp³-hybridized carbons (Fsp3) is 0.526. The molecule has 1 aromatic carbocycles. The van der Waals surface area contributed by atoms with Crippen molar-refractivity contribution in [1.29, 1.82) is 0 Å². The number of hydrogen-bond acceptors (Lipinski definition) is 3.